The Bertz CT molecular complexity index is 637. The van der Waals surface area contributed by atoms with E-state index in [1.165, 1.54) is 6.92 Å². The Morgan fingerprint density at radius 2 is 1.77 bits per heavy atom. The number of ether oxygens (including phenoxy) is 1. The van der Waals surface area contributed by atoms with Gasteiger partial charge >= 0.3 is 0 Å². The van der Waals surface area contributed by atoms with Crippen LogP contribution in [0, 0.1) is 0 Å². The molecular formula is C15H22N2O4S. The number of anilines is 1. The van der Waals surface area contributed by atoms with Crippen molar-refractivity contribution >= 4 is 21.4 Å². The van der Waals surface area contributed by atoms with Crippen LogP contribution in [0.25, 0.3) is 0 Å². The highest BCUT2D eigenvalue weighted by molar-refractivity contribution is 7.92. The van der Waals surface area contributed by atoms with Crippen LogP contribution in [0.3, 0.4) is 0 Å². The summed E-state index contributed by atoms with van der Waals surface area (Å²) in [5, 5.41) is -0.981. The van der Waals surface area contributed by atoms with E-state index in [4.69, 9.17) is 4.74 Å². The van der Waals surface area contributed by atoms with Crippen LogP contribution in [0.4, 0.5) is 5.69 Å². The Morgan fingerprint density at radius 3 is 2.32 bits per heavy atom. The number of methoxy groups -OCH3 is 1. The summed E-state index contributed by atoms with van der Waals surface area (Å²) in [5.41, 5.74) is 0.994. The van der Waals surface area contributed by atoms with Gasteiger partial charge in [0.1, 0.15) is 11.0 Å². The van der Waals surface area contributed by atoms with E-state index in [-0.39, 0.29) is 5.91 Å². The molecule has 1 amide bonds. The second kappa shape index (κ2) is 6.56. The number of carbonyl (C=O) groups is 1. The van der Waals surface area contributed by atoms with Gasteiger partial charge in [-0.05, 0) is 19.1 Å². The average Bonchev–Trinajstić information content (AvgIpc) is 2.52. The molecule has 0 spiro atoms. The third-order valence-corrected chi connectivity index (χ3v) is 5.49. The van der Waals surface area contributed by atoms with E-state index in [1.54, 1.807) is 12.0 Å². The van der Waals surface area contributed by atoms with E-state index in [0.717, 1.165) is 17.7 Å². The smallest absolute Gasteiger partial charge is 0.240 e. The third kappa shape index (κ3) is 3.52. The summed E-state index contributed by atoms with van der Waals surface area (Å²) in [6.45, 7) is 3.78. The zero-order chi connectivity index (χ0) is 16.3. The molecule has 0 N–H and O–H groups in total. The SMILES string of the molecule is COc1ccccc1N1CCN(C(=O)C(C)S(C)(=O)=O)CC1. The third-order valence-electron chi connectivity index (χ3n) is 4.01. The van der Waals surface area contributed by atoms with Crippen LogP contribution >= 0.6 is 0 Å². The fourth-order valence-electron chi connectivity index (χ4n) is 2.50. The minimum Gasteiger partial charge on any atom is -0.495 e. The maximum Gasteiger partial charge on any atom is 0.240 e. The predicted octanol–water partition coefficient (Wildman–Crippen LogP) is 0.777. The van der Waals surface area contributed by atoms with Crippen molar-refractivity contribution in [3.05, 3.63) is 24.3 Å². The first-order valence-electron chi connectivity index (χ1n) is 7.20. The van der Waals surface area contributed by atoms with Crippen LogP contribution in [0.2, 0.25) is 0 Å². The summed E-state index contributed by atoms with van der Waals surface area (Å²) in [6, 6.07) is 7.74. The highest BCUT2D eigenvalue weighted by Crippen LogP contribution is 2.28. The molecule has 22 heavy (non-hydrogen) atoms. The molecule has 1 aliphatic rings. The van der Waals surface area contributed by atoms with Crippen molar-refractivity contribution in [3.63, 3.8) is 0 Å². The van der Waals surface area contributed by atoms with Gasteiger partial charge in [-0.25, -0.2) is 8.42 Å². The number of nitrogens with zero attached hydrogens (tertiary/aromatic N) is 2. The zero-order valence-corrected chi connectivity index (χ0v) is 14.0. The summed E-state index contributed by atoms with van der Waals surface area (Å²) in [7, 11) is -1.72. The first kappa shape index (κ1) is 16.6. The predicted molar refractivity (Wildman–Crippen MR) is 86.1 cm³/mol. The molecule has 1 heterocycles. The first-order chi connectivity index (χ1) is 10.3. The Morgan fingerprint density at radius 1 is 1.18 bits per heavy atom. The van der Waals surface area contributed by atoms with E-state index in [0.29, 0.717) is 26.2 Å². The molecule has 0 bridgehead atoms. The van der Waals surface area contributed by atoms with Gasteiger partial charge in [-0.3, -0.25) is 4.79 Å². The fraction of sp³-hybridized carbons (Fsp3) is 0.533. The largest absolute Gasteiger partial charge is 0.495 e. The molecule has 1 atom stereocenters. The minimum atomic E-state index is -3.35. The van der Waals surface area contributed by atoms with Crippen molar-refractivity contribution in [2.24, 2.45) is 0 Å². The number of hydrogen-bond acceptors (Lipinski definition) is 5. The maximum absolute atomic E-state index is 12.2. The number of sulfone groups is 1. The molecule has 7 heteroatoms. The van der Waals surface area contributed by atoms with Gasteiger partial charge < -0.3 is 14.5 Å². The lowest BCUT2D eigenvalue weighted by Gasteiger charge is -2.37. The van der Waals surface area contributed by atoms with Crippen molar-refractivity contribution in [2.45, 2.75) is 12.2 Å². The van der Waals surface area contributed by atoms with Gasteiger partial charge in [0.15, 0.2) is 9.84 Å². The highest BCUT2D eigenvalue weighted by atomic mass is 32.2. The van der Waals surface area contributed by atoms with Crippen molar-refractivity contribution in [3.8, 4) is 5.75 Å². The molecule has 0 aliphatic carbocycles. The fourth-order valence-corrected chi connectivity index (χ4v) is 3.01. The van der Waals surface area contributed by atoms with Crippen LogP contribution in [0.1, 0.15) is 6.92 Å². The van der Waals surface area contributed by atoms with Crippen LogP contribution in [-0.2, 0) is 14.6 Å². The van der Waals surface area contributed by atoms with Crippen molar-refractivity contribution < 1.29 is 17.9 Å². The molecule has 1 fully saturated rings. The number of hydrogen-bond donors (Lipinski definition) is 0. The van der Waals surface area contributed by atoms with Crippen LogP contribution in [-0.4, -0.2) is 64.0 Å². The summed E-state index contributed by atoms with van der Waals surface area (Å²) < 4.78 is 28.4. The van der Waals surface area contributed by atoms with Crippen LogP contribution in [0.15, 0.2) is 24.3 Å². The normalized spacial score (nSPS) is 17.2. The standard InChI is InChI=1S/C15H22N2O4S/c1-12(22(3,19)20)15(18)17-10-8-16(9-11-17)13-6-4-5-7-14(13)21-2/h4-7,12H,8-11H2,1-3H3. The zero-order valence-electron chi connectivity index (χ0n) is 13.2. The maximum atomic E-state index is 12.2. The van der Waals surface area contributed by atoms with Crippen LogP contribution < -0.4 is 9.64 Å². The van der Waals surface area contributed by atoms with E-state index >= 15 is 0 Å². The molecule has 0 radical (unpaired) electrons. The topological polar surface area (TPSA) is 66.9 Å². The summed E-state index contributed by atoms with van der Waals surface area (Å²) in [6.07, 6.45) is 1.10. The molecule has 2 rings (SSSR count). The Kier molecular flexibility index (Phi) is 4.95. The Labute approximate surface area is 131 Å². The lowest BCUT2D eigenvalue weighted by molar-refractivity contribution is -0.130. The van der Waals surface area contributed by atoms with Crippen molar-refractivity contribution in [2.75, 3.05) is 44.4 Å². The van der Waals surface area contributed by atoms with Crippen LogP contribution in [0.5, 0.6) is 5.75 Å². The molecular weight excluding hydrogens is 304 g/mol. The number of benzene rings is 1. The molecule has 1 aliphatic heterocycles. The number of amides is 1. The molecule has 122 valence electrons. The van der Waals surface area contributed by atoms with E-state index in [9.17, 15) is 13.2 Å². The van der Waals surface area contributed by atoms with Gasteiger partial charge in [0.25, 0.3) is 0 Å². The highest BCUT2D eigenvalue weighted by Gasteiger charge is 2.30. The lowest BCUT2D eigenvalue weighted by atomic mass is 10.2. The number of piperazine rings is 1. The second-order valence-electron chi connectivity index (χ2n) is 5.46. The second-order valence-corrected chi connectivity index (χ2v) is 7.82. The van der Waals surface area contributed by atoms with Gasteiger partial charge in [-0.1, -0.05) is 12.1 Å². The van der Waals surface area contributed by atoms with E-state index in [1.807, 2.05) is 24.3 Å². The van der Waals surface area contributed by atoms with E-state index in [2.05, 4.69) is 4.90 Å². The van der Waals surface area contributed by atoms with Gasteiger partial charge in [-0.2, -0.15) is 0 Å². The van der Waals surface area contributed by atoms with Gasteiger partial charge in [0.05, 0.1) is 12.8 Å². The van der Waals surface area contributed by atoms with E-state index < -0.39 is 15.1 Å². The molecule has 1 aromatic rings. The molecule has 1 unspecified atom stereocenters. The Hall–Kier alpha value is -1.76. The van der Waals surface area contributed by atoms with Gasteiger partial charge in [-0.15, -0.1) is 0 Å². The molecule has 0 saturated carbocycles. The number of para-hydroxylation sites is 2. The van der Waals surface area contributed by atoms with Gasteiger partial charge in [0, 0.05) is 32.4 Å². The summed E-state index contributed by atoms with van der Waals surface area (Å²) in [5.74, 6) is 0.481. The lowest BCUT2D eigenvalue weighted by Crippen LogP contribution is -2.52. The molecule has 0 aromatic heterocycles. The quantitative estimate of drug-likeness (QED) is 0.818. The number of rotatable bonds is 4. The summed E-state index contributed by atoms with van der Waals surface area (Å²) in [4.78, 5) is 16.0. The number of carbonyl (C=O) groups excluding carboxylic acids is 1. The molecule has 1 aromatic carbocycles. The van der Waals surface area contributed by atoms with Crippen molar-refractivity contribution in [1.82, 2.24) is 4.90 Å². The van der Waals surface area contributed by atoms with Gasteiger partial charge in [0.2, 0.25) is 5.91 Å². The summed E-state index contributed by atoms with van der Waals surface area (Å²) >= 11 is 0. The average molecular weight is 326 g/mol. The molecule has 1 saturated heterocycles. The molecule has 6 nitrogen and oxygen atoms in total. The first-order valence-corrected chi connectivity index (χ1v) is 9.15. The monoisotopic (exact) mass is 326 g/mol. The Balaban J connectivity index is 2.03. The van der Waals surface area contributed by atoms with Crippen molar-refractivity contribution in [1.29, 1.82) is 0 Å². The minimum absolute atomic E-state index is 0.317.